The number of aliphatic hydroxyl groups is 1. The van der Waals surface area contributed by atoms with Crippen LogP contribution >= 0.6 is 0 Å². The zero-order valence-corrected chi connectivity index (χ0v) is 19.2. The number of aromatic hydroxyl groups is 1. The fourth-order valence-corrected chi connectivity index (χ4v) is 2.78. The van der Waals surface area contributed by atoms with Crippen LogP contribution in [0.15, 0.2) is 18.2 Å². The standard InChI is InChI=1S/C17H28O4.C6H9N3/c1-4-6-7-15(5-2)20-11-14(18)12-21-16-9-8-13(3)17(19)10-16;1-4-7-5(2)9-6(3)8-4/h8-10,14-15,18-19H,4-7,11-12H2,1-3H3;1-3H3. The topological polar surface area (TPSA) is 97.6 Å². The van der Waals surface area contributed by atoms with Gasteiger partial charge in [-0.25, -0.2) is 15.0 Å². The molecule has 168 valence electrons. The van der Waals surface area contributed by atoms with Crippen LogP contribution in [0.4, 0.5) is 0 Å². The third kappa shape index (κ3) is 10.5. The minimum absolute atomic E-state index is 0.159. The number of phenols is 1. The highest BCUT2D eigenvalue weighted by Gasteiger charge is 2.11. The number of aryl methyl sites for hydroxylation is 4. The van der Waals surface area contributed by atoms with E-state index in [9.17, 15) is 10.2 Å². The SMILES string of the molecule is CCCCC(CC)OCC(O)COc1ccc(C)c(O)c1.Cc1nc(C)nc(C)n1. The van der Waals surface area contributed by atoms with E-state index in [-0.39, 0.29) is 25.1 Å². The van der Waals surface area contributed by atoms with E-state index in [1.165, 1.54) is 0 Å². The average Bonchev–Trinajstić information content (AvgIpc) is 2.68. The molecule has 0 bridgehead atoms. The molecule has 2 aromatic rings. The van der Waals surface area contributed by atoms with Crippen molar-refractivity contribution in [2.75, 3.05) is 13.2 Å². The van der Waals surface area contributed by atoms with Crippen molar-refractivity contribution in [1.82, 2.24) is 15.0 Å². The number of benzene rings is 1. The van der Waals surface area contributed by atoms with Crippen LogP contribution in [0.5, 0.6) is 11.5 Å². The van der Waals surface area contributed by atoms with Crippen LogP contribution in [-0.4, -0.2) is 50.6 Å². The van der Waals surface area contributed by atoms with Gasteiger partial charge < -0.3 is 19.7 Å². The van der Waals surface area contributed by atoms with Crippen molar-refractivity contribution in [2.24, 2.45) is 0 Å². The number of hydrogen-bond acceptors (Lipinski definition) is 7. The van der Waals surface area contributed by atoms with Crippen molar-refractivity contribution in [3.05, 3.63) is 41.2 Å². The van der Waals surface area contributed by atoms with E-state index in [4.69, 9.17) is 9.47 Å². The van der Waals surface area contributed by atoms with Gasteiger partial charge in [0.25, 0.3) is 0 Å². The minimum Gasteiger partial charge on any atom is -0.508 e. The molecule has 0 saturated heterocycles. The van der Waals surface area contributed by atoms with Crippen molar-refractivity contribution >= 4 is 0 Å². The first-order valence-corrected chi connectivity index (χ1v) is 10.6. The van der Waals surface area contributed by atoms with Gasteiger partial charge in [0.1, 0.15) is 41.7 Å². The number of phenolic OH excluding ortho intramolecular Hbond substituents is 1. The summed E-state index contributed by atoms with van der Waals surface area (Å²) in [5.41, 5.74) is 0.799. The van der Waals surface area contributed by atoms with E-state index >= 15 is 0 Å². The van der Waals surface area contributed by atoms with Crippen molar-refractivity contribution in [1.29, 1.82) is 0 Å². The highest BCUT2D eigenvalue weighted by Crippen LogP contribution is 2.22. The molecule has 0 aliphatic rings. The van der Waals surface area contributed by atoms with Gasteiger partial charge in [-0.3, -0.25) is 0 Å². The molecule has 2 atom stereocenters. The van der Waals surface area contributed by atoms with E-state index in [0.717, 1.165) is 48.7 Å². The highest BCUT2D eigenvalue weighted by atomic mass is 16.5. The fourth-order valence-electron chi connectivity index (χ4n) is 2.78. The van der Waals surface area contributed by atoms with Crippen LogP contribution in [0.1, 0.15) is 62.6 Å². The predicted molar refractivity (Wildman–Crippen MR) is 118 cm³/mol. The molecule has 0 aliphatic carbocycles. The molecular weight excluding hydrogens is 382 g/mol. The third-order valence-corrected chi connectivity index (χ3v) is 4.45. The lowest BCUT2D eigenvalue weighted by Crippen LogP contribution is -2.26. The van der Waals surface area contributed by atoms with E-state index in [0.29, 0.717) is 5.75 Å². The van der Waals surface area contributed by atoms with Crippen LogP contribution in [0.2, 0.25) is 0 Å². The lowest BCUT2D eigenvalue weighted by Gasteiger charge is -2.19. The number of unbranched alkanes of at least 4 members (excludes halogenated alkanes) is 1. The normalized spacial score (nSPS) is 12.6. The second-order valence-electron chi connectivity index (χ2n) is 7.40. The first-order valence-electron chi connectivity index (χ1n) is 10.6. The summed E-state index contributed by atoms with van der Waals surface area (Å²) in [6.07, 6.45) is 3.84. The van der Waals surface area contributed by atoms with Gasteiger partial charge in [-0.2, -0.15) is 0 Å². The Labute approximate surface area is 180 Å². The molecule has 0 saturated carbocycles. The zero-order chi connectivity index (χ0) is 22.5. The van der Waals surface area contributed by atoms with E-state index in [1.54, 1.807) is 18.2 Å². The molecular formula is C23H37N3O4. The molecule has 2 unspecified atom stereocenters. The summed E-state index contributed by atoms with van der Waals surface area (Å²) < 4.78 is 11.2. The maximum Gasteiger partial charge on any atom is 0.129 e. The maximum absolute atomic E-state index is 9.89. The smallest absolute Gasteiger partial charge is 0.129 e. The van der Waals surface area contributed by atoms with Crippen molar-refractivity contribution < 1.29 is 19.7 Å². The molecule has 7 heteroatoms. The van der Waals surface area contributed by atoms with Gasteiger partial charge in [0.05, 0.1) is 12.7 Å². The molecule has 0 aliphatic heterocycles. The average molecular weight is 420 g/mol. The van der Waals surface area contributed by atoms with Crippen LogP contribution in [0.25, 0.3) is 0 Å². The van der Waals surface area contributed by atoms with Crippen LogP contribution in [0.3, 0.4) is 0 Å². The molecule has 30 heavy (non-hydrogen) atoms. The number of aromatic nitrogens is 3. The molecule has 1 heterocycles. The second-order valence-corrected chi connectivity index (χ2v) is 7.40. The first-order chi connectivity index (χ1) is 14.2. The summed E-state index contributed by atoms with van der Waals surface area (Å²) in [5, 5.41) is 19.5. The summed E-state index contributed by atoms with van der Waals surface area (Å²) in [6, 6.07) is 5.11. The molecule has 0 amide bonds. The Kier molecular flexibility index (Phi) is 11.9. The lowest BCUT2D eigenvalue weighted by atomic mass is 10.1. The number of hydrogen-bond donors (Lipinski definition) is 2. The molecule has 2 N–H and O–H groups in total. The number of rotatable bonds is 10. The summed E-state index contributed by atoms with van der Waals surface area (Å²) in [4.78, 5) is 12.0. The molecule has 1 aromatic carbocycles. The zero-order valence-electron chi connectivity index (χ0n) is 19.2. The Bertz CT molecular complexity index is 705. The van der Waals surface area contributed by atoms with Crippen molar-refractivity contribution in [2.45, 2.75) is 79.4 Å². The largest absolute Gasteiger partial charge is 0.508 e. The van der Waals surface area contributed by atoms with Gasteiger partial charge in [-0.1, -0.05) is 32.8 Å². The number of ether oxygens (including phenoxy) is 2. The summed E-state index contributed by atoms with van der Waals surface area (Å²) >= 11 is 0. The Morgan fingerprint density at radius 2 is 1.53 bits per heavy atom. The Balaban J connectivity index is 0.000000414. The summed E-state index contributed by atoms with van der Waals surface area (Å²) in [6.45, 7) is 12.1. The second kappa shape index (κ2) is 13.9. The van der Waals surface area contributed by atoms with Crippen molar-refractivity contribution in [3.63, 3.8) is 0 Å². The summed E-state index contributed by atoms with van der Waals surface area (Å²) in [5.74, 6) is 3.12. The molecule has 2 rings (SSSR count). The van der Waals surface area contributed by atoms with Crippen LogP contribution in [0, 0.1) is 27.7 Å². The molecule has 0 fully saturated rings. The number of aliphatic hydroxyl groups excluding tert-OH is 1. The minimum atomic E-state index is -0.663. The van der Waals surface area contributed by atoms with Crippen LogP contribution in [-0.2, 0) is 4.74 Å². The lowest BCUT2D eigenvalue weighted by molar-refractivity contribution is -0.0290. The molecule has 0 radical (unpaired) electrons. The Morgan fingerprint density at radius 1 is 0.933 bits per heavy atom. The molecule has 1 aromatic heterocycles. The van der Waals surface area contributed by atoms with Crippen LogP contribution < -0.4 is 4.74 Å². The Morgan fingerprint density at radius 3 is 2.03 bits per heavy atom. The fraction of sp³-hybridized carbons (Fsp3) is 0.609. The number of nitrogens with zero attached hydrogens (tertiary/aromatic N) is 3. The van der Waals surface area contributed by atoms with Gasteiger partial charge in [0.15, 0.2) is 0 Å². The van der Waals surface area contributed by atoms with Gasteiger partial charge in [-0.15, -0.1) is 0 Å². The summed E-state index contributed by atoms with van der Waals surface area (Å²) in [7, 11) is 0. The van der Waals surface area contributed by atoms with E-state index in [1.807, 2.05) is 27.7 Å². The predicted octanol–water partition coefficient (Wildman–Crippen LogP) is 4.22. The Hall–Kier alpha value is -2.25. The van der Waals surface area contributed by atoms with Gasteiger partial charge in [-0.05, 0) is 52.2 Å². The first kappa shape index (κ1) is 25.8. The van der Waals surface area contributed by atoms with E-state index < -0.39 is 6.10 Å². The van der Waals surface area contributed by atoms with Gasteiger partial charge in [0.2, 0.25) is 0 Å². The van der Waals surface area contributed by atoms with Crippen molar-refractivity contribution in [3.8, 4) is 11.5 Å². The maximum atomic E-state index is 9.89. The van der Waals surface area contributed by atoms with Gasteiger partial charge >= 0.3 is 0 Å². The molecule has 7 nitrogen and oxygen atoms in total. The molecule has 0 spiro atoms. The van der Waals surface area contributed by atoms with E-state index in [2.05, 4.69) is 28.8 Å². The highest BCUT2D eigenvalue weighted by molar-refractivity contribution is 5.38. The van der Waals surface area contributed by atoms with Gasteiger partial charge in [0, 0.05) is 6.07 Å². The third-order valence-electron chi connectivity index (χ3n) is 4.45. The monoisotopic (exact) mass is 419 g/mol. The quantitative estimate of drug-likeness (QED) is 0.595.